The van der Waals surface area contributed by atoms with Crippen LogP contribution in [-0.4, -0.2) is 19.0 Å². The third kappa shape index (κ3) is 3.10. The second-order valence-electron chi connectivity index (χ2n) is 5.12. The Bertz CT molecular complexity index is 999. The Balaban J connectivity index is 1.93. The maximum atomic E-state index is 12.8. The van der Waals surface area contributed by atoms with Crippen LogP contribution in [0.3, 0.4) is 0 Å². The van der Waals surface area contributed by atoms with E-state index in [2.05, 4.69) is 14.8 Å². The van der Waals surface area contributed by atoms with Crippen LogP contribution >= 0.6 is 0 Å². The number of fused-ring (bicyclic) bond motifs is 1. The summed E-state index contributed by atoms with van der Waals surface area (Å²) < 4.78 is 55.0. The molecule has 2 heterocycles. The Kier molecular flexibility index (Phi) is 4.26. The number of nitrogens with one attached hydrogen (secondary N) is 2. The Morgan fingerprint density at radius 2 is 2.20 bits per heavy atom. The molecule has 25 heavy (non-hydrogen) atoms. The minimum Gasteiger partial charge on any atom is -0.360 e. The van der Waals surface area contributed by atoms with Gasteiger partial charge in [0.15, 0.2) is 16.7 Å². The highest BCUT2D eigenvalue weighted by atomic mass is 32.2. The van der Waals surface area contributed by atoms with Crippen LogP contribution in [0.1, 0.15) is 18.2 Å². The number of alkyl halides is 3. The summed E-state index contributed by atoms with van der Waals surface area (Å²) in [5.41, 5.74) is -0.0353. The van der Waals surface area contributed by atoms with Crippen LogP contribution in [0.2, 0.25) is 0 Å². The van der Waals surface area contributed by atoms with E-state index in [-0.39, 0.29) is 16.1 Å². The van der Waals surface area contributed by atoms with E-state index in [1.54, 1.807) is 0 Å². The lowest BCUT2D eigenvalue weighted by Crippen LogP contribution is -2.07. The summed E-state index contributed by atoms with van der Waals surface area (Å²) in [6.07, 6.45) is -1.69. The second-order valence-corrected chi connectivity index (χ2v) is 6.30. The van der Waals surface area contributed by atoms with Crippen molar-refractivity contribution in [2.75, 3.05) is 4.72 Å². The molecule has 0 radical (unpaired) electrons. The molecule has 0 aliphatic rings. The molecule has 2 aromatic heterocycles. The number of benzene rings is 1. The number of anilines is 1. The van der Waals surface area contributed by atoms with Gasteiger partial charge in [0, 0.05) is 23.6 Å². The molecule has 0 amide bonds. The fraction of sp³-hybridized carbons (Fsp3) is 0.200. The highest BCUT2D eigenvalue weighted by Crippen LogP contribution is 2.32. The third-order valence-electron chi connectivity index (χ3n) is 3.62. The number of H-pyrrole nitrogens is 1. The molecule has 1 unspecified atom stereocenters. The third-order valence-corrected chi connectivity index (χ3v) is 4.76. The number of aromatic amines is 1. The molecule has 3 rings (SSSR count). The smallest absolute Gasteiger partial charge is 0.360 e. The molecule has 3 aromatic rings. The number of hydrogen-bond acceptors (Lipinski definition) is 3. The summed E-state index contributed by atoms with van der Waals surface area (Å²) in [4.78, 5) is 2.98. The standard InChI is InChI=1S/C15H12F3N5OS/c1-2-23-13(6-19)12(7-21-23)22-25(24)14-8-20-11-5-9(15(16,17)18)3-4-10(11)14/h3-5,7-8,20,22H,2H2,1H3. The molecule has 0 aliphatic heterocycles. The SMILES string of the molecule is CCn1ncc(NS(=O)c2c[nH]c3cc(C(F)(F)F)ccc23)c1C#N. The molecule has 0 aliphatic carbocycles. The largest absolute Gasteiger partial charge is 0.416 e. The average molecular weight is 367 g/mol. The zero-order chi connectivity index (χ0) is 18.2. The first-order valence-electron chi connectivity index (χ1n) is 7.17. The molecule has 10 heteroatoms. The van der Waals surface area contributed by atoms with Crippen LogP contribution in [-0.2, 0) is 23.7 Å². The molecule has 0 fully saturated rings. The predicted molar refractivity (Wildman–Crippen MR) is 85.9 cm³/mol. The van der Waals surface area contributed by atoms with Crippen molar-refractivity contribution in [1.82, 2.24) is 14.8 Å². The van der Waals surface area contributed by atoms with Crippen molar-refractivity contribution in [2.24, 2.45) is 0 Å². The molecule has 2 N–H and O–H groups in total. The predicted octanol–water partition coefficient (Wildman–Crippen LogP) is 3.41. The summed E-state index contributed by atoms with van der Waals surface area (Å²) in [6, 6.07) is 5.15. The monoisotopic (exact) mass is 367 g/mol. The first-order valence-corrected chi connectivity index (χ1v) is 8.32. The zero-order valence-electron chi connectivity index (χ0n) is 12.9. The van der Waals surface area contributed by atoms with Crippen molar-refractivity contribution in [3.05, 3.63) is 41.9 Å². The van der Waals surface area contributed by atoms with Crippen LogP contribution in [0.25, 0.3) is 10.9 Å². The number of nitrogens with zero attached hydrogens (tertiary/aromatic N) is 3. The molecule has 0 spiro atoms. The van der Waals surface area contributed by atoms with Gasteiger partial charge in [0.25, 0.3) is 0 Å². The van der Waals surface area contributed by atoms with Gasteiger partial charge in [-0.2, -0.15) is 23.5 Å². The number of hydrogen-bond donors (Lipinski definition) is 2. The maximum absolute atomic E-state index is 12.8. The Hall–Kier alpha value is -2.80. The van der Waals surface area contributed by atoms with Gasteiger partial charge in [-0.1, -0.05) is 6.07 Å². The highest BCUT2D eigenvalue weighted by molar-refractivity contribution is 7.86. The number of halogens is 3. The minimum absolute atomic E-state index is 0.227. The molecule has 0 bridgehead atoms. The Labute approximate surface area is 142 Å². The summed E-state index contributed by atoms with van der Waals surface area (Å²) in [5, 5.41) is 13.6. The fourth-order valence-electron chi connectivity index (χ4n) is 2.40. The van der Waals surface area contributed by atoms with Crippen LogP contribution < -0.4 is 4.72 Å². The molecule has 6 nitrogen and oxygen atoms in total. The average Bonchev–Trinajstić information content (AvgIpc) is 3.16. The fourth-order valence-corrected chi connectivity index (χ4v) is 3.40. The van der Waals surface area contributed by atoms with Gasteiger partial charge < -0.3 is 4.98 Å². The van der Waals surface area contributed by atoms with Crippen LogP contribution in [0, 0.1) is 11.3 Å². The van der Waals surface area contributed by atoms with Gasteiger partial charge in [0.05, 0.1) is 16.7 Å². The number of aromatic nitrogens is 3. The normalized spacial score (nSPS) is 12.9. The first kappa shape index (κ1) is 17.0. The van der Waals surface area contributed by atoms with Crippen molar-refractivity contribution in [3.8, 4) is 6.07 Å². The molecule has 0 saturated heterocycles. The minimum atomic E-state index is -4.45. The van der Waals surface area contributed by atoms with Gasteiger partial charge in [-0.25, -0.2) is 4.21 Å². The topological polar surface area (TPSA) is 86.5 Å². The maximum Gasteiger partial charge on any atom is 0.416 e. The first-order chi connectivity index (χ1) is 11.8. The lowest BCUT2D eigenvalue weighted by atomic mass is 10.1. The molecule has 0 saturated carbocycles. The van der Waals surface area contributed by atoms with Crippen molar-refractivity contribution < 1.29 is 17.4 Å². The van der Waals surface area contributed by atoms with Crippen molar-refractivity contribution in [2.45, 2.75) is 24.5 Å². The summed E-state index contributed by atoms with van der Waals surface area (Å²) in [5.74, 6) is 0. The van der Waals surface area contributed by atoms with Gasteiger partial charge in [0.2, 0.25) is 0 Å². The van der Waals surface area contributed by atoms with E-state index in [0.29, 0.717) is 17.6 Å². The zero-order valence-corrected chi connectivity index (χ0v) is 13.7. The molecular formula is C15H12F3N5OS. The van der Waals surface area contributed by atoms with E-state index in [9.17, 15) is 22.6 Å². The van der Waals surface area contributed by atoms with Gasteiger partial charge in [-0.3, -0.25) is 9.40 Å². The van der Waals surface area contributed by atoms with Crippen LogP contribution in [0.4, 0.5) is 18.9 Å². The van der Waals surface area contributed by atoms with E-state index < -0.39 is 22.7 Å². The van der Waals surface area contributed by atoms with Crippen molar-refractivity contribution >= 4 is 27.6 Å². The van der Waals surface area contributed by atoms with E-state index in [1.165, 1.54) is 23.1 Å². The lowest BCUT2D eigenvalue weighted by molar-refractivity contribution is -0.137. The highest BCUT2D eigenvalue weighted by Gasteiger charge is 2.31. The van der Waals surface area contributed by atoms with Crippen molar-refractivity contribution in [1.29, 1.82) is 5.26 Å². The van der Waals surface area contributed by atoms with Gasteiger partial charge >= 0.3 is 6.18 Å². The van der Waals surface area contributed by atoms with E-state index >= 15 is 0 Å². The second kappa shape index (κ2) is 6.25. The quantitative estimate of drug-likeness (QED) is 0.741. The van der Waals surface area contributed by atoms with Crippen LogP contribution in [0.5, 0.6) is 0 Å². The Morgan fingerprint density at radius 3 is 2.84 bits per heavy atom. The van der Waals surface area contributed by atoms with E-state index in [4.69, 9.17) is 0 Å². The van der Waals surface area contributed by atoms with Gasteiger partial charge in [-0.15, -0.1) is 0 Å². The van der Waals surface area contributed by atoms with Gasteiger partial charge in [0.1, 0.15) is 11.8 Å². The number of nitriles is 1. The van der Waals surface area contributed by atoms with E-state index in [0.717, 1.165) is 12.1 Å². The summed E-state index contributed by atoms with van der Waals surface area (Å²) >= 11 is 0. The van der Waals surface area contributed by atoms with E-state index in [1.807, 2.05) is 13.0 Å². The Morgan fingerprint density at radius 1 is 1.44 bits per heavy atom. The molecular weight excluding hydrogens is 355 g/mol. The number of rotatable bonds is 4. The van der Waals surface area contributed by atoms with Crippen molar-refractivity contribution in [3.63, 3.8) is 0 Å². The van der Waals surface area contributed by atoms with Crippen LogP contribution in [0.15, 0.2) is 35.5 Å². The summed E-state index contributed by atoms with van der Waals surface area (Å²) in [6.45, 7) is 2.29. The number of aryl methyl sites for hydroxylation is 1. The molecule has 1 aromatic carbocycles. The summed E-state index contributed by atoms with van der Waals surface area (Å²) in [7, 11) is -1.77. The molecule has 1 atom stereocenters. The van der Waals surface area contributed by atoms with Gasteiger partial charge in [-0.05, 0) is 19.1 Å². The lowest BCUT2D eigenvalue weighted by Gasteiger charge is -2.07. The molecule has 130 valence electrons.